The van der Waals surface area contributed by atoms with Crippen molar-refractivity contribution in [1.29, 1.82) is 5.26 Å². The quantitative estimate of drug-likeness (QED) is 0.317. The number of nitrogens with one attached hydrogen (secondary N) is 1. The van der Waals surface area contributed by atoms with Gasteiger partial charge in [-0.3, -0.25) is 18.9 Å². The minimum absolute atomic E-state index is 0.111. The van der Waals surface area contributed by atoms with Gasteiger partial charge in [-0.05, 0) is 60.5 Å². The maximum Gasteiger partial charge on any atom is 0.363 e. The Balaban J connectivity index is 1.22. The lowest BCUT2D eigenvalue weighted by atomic mass is 9.90. The van der Waals surface area contributed by atoms with Crippen molar-refractivity contribution in [1.82, 2.24) is 20.0 Å². The molecule has 3 saturated heterocycles. The summed E-state index contributed by atoms with van der Waals surface area (Å²) >= 11 is 1.13. The Kier molecular flexibility index (Phi) is 9.52. The van der Waals surface area contributed by atoms with Gasteiger partial charge >= 0.3 is 7.60 Å². The highest BCUT2D eigenvalue weighted by Crippen LogP contribution is 2.53. The SMILES string of the molecule is CCN1CC[C@H]2CC[C@@H](C(=O)N3C[C@H](c4ccccc4)[C@@H](C#N)C3)N2C(=O)C(NC(=O)c2cc3cc([C@@H](F)P(=O)(O)O)ccc3s2)C1. The van der Waals surface area contributed by atoms with Crippen LogP contribution in [0.15, 0.2) is 54.6 Å². The van der Waals surface area contributed by atoms with E-state index in [1.54, 1.807) is 9.80 Å². The molecule has 3 fully saturated rings. The van der Waals surface area contributed by atoms with Crippen LogP contribution in [0, 0.1) is 17.2 Å². The zero-order chi connectivity index (χ0) is 33.5. The van der Waals surface area contributed by atoms with E-state index in [1.807, 2.05) is 37.3 Å². The fourth-order valence-corrected chi connectivity index (χ4v) is 8.68. The molecule has 1 unspecified atom stereocenters. The summed E-state index contributed by atoms with van der Waals surface area (Å²) in [7, 11) is -5.00. The fourth-order valence-electron chi connectivity index (χ4n) is 7.18. The van der Waals surface area contributed by atoms with Crippen LogP contribution in [0.1, 0.15) is 58.8 Å². The maximum absolute atomic E-state index is 14.3. The molecule has 47 heavy (non-hydrogen) atoms. The van der Waals surface area contributed by atoms with Gasteiger partial charge in [0.05, 0.1) is 16.9 Å². The topological polar surface area (TPSA) is 154 Å². The van der Waals surface area contributed by atoms with Gasteiger partial charge in [0.1, 0.15) is 12.1 Å². The largest absolute Gasteiger partial charge is 0.363 e. The first-order valence-corrected chi connectivity index (χ1v) is 18.3. The molecule has 0 radical (unpaired) electrons. The molecule has 3 amide bonds. The van der Waals surface area contributed by atoms with Crippen molar-refractivity contribution in [3.05, 3.63) is 70.6 Å². The highest BCUT2D eigenvalue weighted by atomic mass is 32.1. The van der Waals surface area contributed by atoms with E-state index in [1.165, 1.54) is 24.3 Å². The number of fused-ring (bicyclic) bond motifs is 2. The molecule has 1 aromatic heterocycles. The van der Waals surface area contributed by atoms with Crippen LogP contribution < -0.4 is 5.32 Å². The molecule has 11 nitrogen and oxygen atoms in total. The highest BCUT2D eigenvalue weighted by molar-refractivity contribution is 7.51. The number of nitriles is 1. The molecule has 3 aromatic rings. The van der Waals surface area contributed by atoms with Crippen LogP contribution in [-0.2, 0) is 14.2 Å². The van der Waals surface area contributed by atoms with Crippen LogP contribution in [0.25, 0.3) is 10.1 Å². The van der Waals surface area contributed by atoms with E-state index in [0.717, 1.165) is 16.9 Å². The first-order valence-electron chi connectivity index (χ1n) is 15.8. The molecule has 0 spiro atoms. The van der Waals surface area contributed by atoms with Crippen molar-refractivity contribution < 1.29 is 33.1 Å². The second-order valence-corrected chi connectivity index (χ2v) is 15.2. The Morgan fingerprint density at radius 2 is 1.87 bits per heavy atom. The van der Waals surface area contributed by atoms with Crippen LogP contribution in [0.2, 0.25) is 0 Å². The minimum atomic E-state index is -5.00. The van der Waals surface area contributed by atoms with Crippen molar-refractivity contribution in [2.75, 3.05) is 32.7 Å². The Hall–Kier alpha value is -3.66. The molecule has 4 heterocycles. The van der Waals surface area contributed by atoms with Gasteiger partial charge in [0, 0.05) is 42.8 Å². The van der Waals surface area contributed by atoms with Gasteiger partial charge < -0.3 is 29.8 Å². The molecule has 3 aliphatic heterocycles. The van der Waals surface area contributed by atoms with E-state index in [-0.39, 0.29) is 46.7 Å². The van der Waals surface area contributed by atoms with Gasteiger partial charge in [-0.25, -0.2) is 4.39 Å². The molecule has 0 aliphatic carbocycles. The number of carbonyl (C=O) groups excluding carboxylic acids is 3. The first kappa shape index (κ1) is 33.2. The summed E-state index contributed by atoms with van der Waals surface area (Å²) in [6, 6.07) is 15.9. The van der Waals surface area contributed by atoms with Crippen LogP contribution >= 0.6 is 18.9 Å². The third kappa shape index (κ3) is 6.71. The van der Waals surface area contributed by atoms with Crippen LogP contribution in [0.4, 0.5) is 4.39 Å². The van der Waals surface area contributed by atoms with Crippen molar-refractivity contribution in [3.8, 4) is 6.07 Å². The molecular formula is C33H37FN5O6PS. The van der Waals surface area contributed by atoms with Crippen molar-refractivity contribution in [3.63, 3.8) is 0 Å². The molecule has 2 aromatic carbocycles. The van der Waals surface area contributed by atoms with E-state index in [2.05, 4.69) is 16.3 Å². The van der Waals surface area contributed by atoms with Crippen LogP contribution in [0.5, 0.6) is 0 Å². The van der Waals surface area contributed by atoms with Gasteiger partial charge in [-0.15, -0.1) is 11.3 Å². The molecule has 6 atom stereocenters. The zero-order valence-electron chi connectivity index (χ0n) is 25.9. The predicted molar refractivity (Wildman–Crippen MR) is 174 cm³/mol. The number of thiophene rings is 1. The molecule has 3 N–H and O–H groups in total. The van der Waals surface area contributed by atoms with Crippen LogP contribution in [0.3, 0.4) is 0 Å². The van der Waals surface area contributed by atoms with Gasteiger partial charge in [-0.2, -0.15) is 5.26 Å². The molecule has 0 bridgehead atoms. The monoisotopic (exact) mass is 681 g/mol. The Labute approximate surface area is 276 Å². The number of rotatable bonds is 7. The third-order valence-corrected chi connectivity index (χ3v) is 11.7. The molecule has 3 aliphatic rings. The average Bonchev–Trinajstić information content (AvgIpc) is 3.80. The van der Waals surface area contributed by atoms with Crippen LogP contribution in [-0.4, -0.2) is 93.1 Å². The number of hydrogen-bond donors (Lipinski definition) is 3. The summed E-state index contributed by atoms with van der Waals surface area (Å²) in [6.07, 6.45) is 1.88. The summed E-state index contributed by atoms with van der Waals surface area (Å²) in [5, 5.41) is 13.2. The van der Waals surface area contributed by atoms with Gasteiger partial charge in [0.2, 0.25) is 17.7 Å². The smallest absolute Gasteiger partial charge is 0.339 e. The first-order chi connectivity index (χ1) is 22.5. The van der Waals surface area contributed by atoms with Crippen molar-refractivity contribution >= 4 is 46.7 Å². The Morgan fingerprint density at radius 3 is 2.57 bits per heavy atom. The summed E-state index contributed by atoms with van der Waals surface area (Å²) in [4.78, 5) is 66.2. The lowest BCUT2D eigenvalue weighted by molar-refractivity contribution is -0.147. The molecular weight excluding hydrogens is 644 g/mol. The maximum atomic E-state index is 14.3. The van der Waals surface area contributed by atoms with Crippen molar-refractivity contribution in [2.45, 2.75) is 56.1 Å². The minimum Gasteiger partial charge on any atom is -0.339 e. The lowest BCUT2D eigenvalue weighted by Crippen LogP contribution is -2.60. The zero-order valence-corrected chi connectivity index (χ0v) is 27.6. The van der Waals surface area contributed by atoms with E-state index < -0.39 is 31.5 Å². The third-order valence-electron chi connectivity index (χ3n) is 9.67. The predicted octanol–water partition coefficient (Wildman–Crippen LogP) is 4.00. The highest BCUT2D eigenvalue weighted by Gasteiger charge is 2.48. The number of carbonyl (C=O) groups is 3. The summed E-state index contributed by atoms with van der Waals surface area (Å²) in [5.41, 5.74) is 0.821. The normalized spacial score (nSPS) is 26.0. The second-order valence-electron chi connectivity index (χ2n) is 12.5. The Morgan fingerprint density at radius 1 is 1.11 bits per heavy atom. The van der Waals surface area contributed by atoms with Gasteiger partial charge in [0.25, 0.3) is 5.91 Å². The van der Waals surface area contributed by atoms with Crippen molar-refractivity contribution in [2.24, 2.45) is 5.92 Å². The standard InChI is InChI=1S/C33H37FN5O6PS/c1-2-37-13-12-24-9-10-27(33(42)38-17-23(16-35)25(18-38)20-6-4-3-5-7-20)39(24)32(41)26(19-37)36-31(40)29-15-22-14-21(8-11-28(22)47-29)30(34)46(43,44)45/h3-8,11,14-15,23-27,30H,2,9-10,12-13,17-19H2,1H3,(H,36,40)(H2,43,44,45)/t23-,24+,25+,26?,27-,30-/m0/s1. The van der Waals surface area contributed by atoms with E-state index >= 15 is 0 Å². The molecule has 14 heteroatoms. The number of likely N-dealkylation sites (tertiary alicyclic amines) is 1. The number of likely N-dealkylation sites (N-methyl/N-ethyl adjacent to an activating group) is 1. The number of amides is 3. The van der Waals surface area contributed by atoms with Gasteiger partial charge in [0.15, 0.2) is 0 Å². The number of benzene rings is 2. The summed E-state index contributed by atoms with van der Waals surface area (Å²) in [6.45, 7) is 4.33. The van der Waals surface area contributed by atoms with E-state index in [4.69, 9.17) is 0 Å². The number of nitrogens with zero attached hydrogens (tertiary/aromatic N) is 4. The molecule has 6 rings (SSSR count). The number of alkyl halides is 1. The fraction of sp³-hybridized carbons (Fsp3) is 0.455. The van der Waals surface area contributed by atoms with Gasteiger partial charge in [-0.1, -0.05) is 43.3 Å². The molecule has 248 valence electrons. The Bertz CT molecular complexity index is 1760. The number of halogens is 1. The molecule has 0 saturated carbocycles. The lowest BCUT2D eigenvalue weighted by Gasteiger charge is -2.39. The van der Waals surface area contributed by atoms with E-state index in [0.29, 0.717) is 55.5 Å². The summed E-state index contributed by atoms with van der Waals surface area (Å²) in [5.74, 6) is -3.93. The summed E-state index contributed by atoms with van der Waals surface area (Å²) < 4.78 is 26.4. The number of hydrogen-bond acceptors (Lipinski definition) is 7. The van der Waals surface area contributed by atoms with E-state index in [9.17, 15) is 38.4 Å². The average molecular weight is 682 g/mol. The second kappa shape index (κ2) is 13.5.